The van der Waals surface area contributed by atoms with E-state index in [0.717, 1.165) is 6.54 Å². The van der Waals surface area contributed by atoms with Crippen LogP contribution in [0, 0.1) is 5.41 Å². The minimum absolute atomic E-state index is 0.214. The molecule has 0 unspecified atom stereocenters. The van der Waals surface area contributed by atoms with Crippen molar-refractivity contribution in [3.8, 4) is 11.5 Å². The number of carbonyl (C=O) groups excluding carboxylic acids is 2. The molecule has 1 aromatic rings. The highest BCUT2D eigenvalue weighted by molar-refractivity contribution is 6.13. The molecule has 7 heteroatoms. The Hall–Kier alpha value is -2.28. The number of benzene rings is 1. The van der Waals surface area contributed by atoms with Crippen molar-refractivity contribution in [2.24, 2.45) is 5.41 Å². The van der Waals surface area contributed by atoms with E-state index in [4.69, 9.17) is 9.47 Å². The fourth-order valence-electron chi connectivity index (χ4n) is 2.39. The third kappa shape index (κ3) is 3.97. The summed E-state index contributed by atoms with van der Waals surface area (Å²) < 4.78 is 10.4. The van der Waals surface area contributed by atoms with Crippen LogP contribution in [0.25, 0.3) is 0 Å². The fourth-order valence-corrected chi connectivity index (χ4v) is 2.39. The van der Waals surface area contributed by atoms with E-state index in [1.54, 1.807) is 25.3 Å². The second kappa shape index (κ2) is 7.53. The van der Waals surface area contributed by atoms with Crippen LogP contribution in [0.1, 0.15) is 12.8 Å². The first-order valence-electron chi connectivity index (χ1n) is 7.89. The summed E-state index contributed by atoms with van der Waals surface area (Å²) in [5.74, 6) is 0.613. The van der Waals surface area contributed by atoms with E-state index in [1.807, 2.05) is 19.0 Å². The maximum Gasteiger partial charge on any atom is 0.240 e. The highest BCUT2D eigenvalue weighted by Crippen LogP contribution is 2.47. The molecule has 1 fully saturated rings. The highest BCUT2D eigenvalue weighted by Gasteiger charge is 2.56. The Balaban J connectivity index is 2.02. The molecule has 1 aliphatic carbocycles. The Morgan fingerprint density at radius 1 is 1.17 bits per heavy atom. The van der Waals surface area contributed by atoms with Crippen molar-refractivity contribution in [3.63, 3.8) is 0 Å². The van der Waals surface area contributed by atoms with E-state index in [9.17, 15) is 9.59 Å². The predicted molar refractivity (Wildman–Crippen MR) is 91.4 cm³/mol. The number of likely N-dealkylation sites (N-methyl/N-ethyl adjacent to an activating group) is 1. The quantitative estimate of drug-likeness (QED) is 0.696. The van der Waals surface area contributed by atoms with Gasteiger partial charge in [-0.15, -0.1) is 0 Å². The number of anilines is 1. The Bertz CT molecular complexity index is 612. The lowest BCUT2D eigenvalue weighted by atomic mass is 10.0. The lowest BCUT2D eigenvalue weighted by molar-refractivity contribution is -0.134. The van der Waals surface area contributed by atoms with Gasteiger partial charge >= 0.3 is 0 Å². The second-order valence-electron chi connectivity index (χ2n) is 6.16. The van der Waals surface area contributed by atoms with E-state index in [2.05, 4.69) is 10.6 Å². The average molecular weight is 335 g/mol. The van der Waals surface area contributed by atoms with Gasteiger partial charge < -0.3 is 25.0 Å². The summed E-state index contributed by atoms with van der Waals surface area (Å²) in [7, 11) is 6.94. The molecule has 2 rings (SSSR count). The Kier molecular flexibility index (Phi) is 5.66. The molecule has 1 saturated carbocycles. The van der Waals surface area contributed by atoms with Gasteiger partial charge in [-0.25, -0.2) is 0 Å². The maximum atomic E-state index is 12.6. The standard InChI is InChI=1S/C17H25N3O4/c1-20(2)10-9-18-15(21)17(7-8-17)16(22)19-13-6-5-12(23-3)11-14(13)24-4/h5-6,11H,7-10H2,1-4H3,(H,18,21)(H,19,22). The van der Waals surface area contributed by atoms with Crippen molar-refractivity contribution in [2.75, 3.05) is 46.7 Å². The molecule has 7 nitrogen and oxygen atoms in total. The molecule has 0 heterocycles. The van der Waals surface area contributed by atoms with Gasteiger partial charge in [0.1, 0.15) is 16.9 Å². The molecule has 0 aliphatic heterocycles. The Morgan fingerprint density at radius 2 is 1.88 bits per heavy atom. The zero-order chi connectivity index (χ0) is 17.7. The number of nitrogens with zero attached hydrogens (tertiary/aromatic N) is 1. The zero-order valence-corrected chi connectivity index (χ0v) is 14.6. The molecule has 2 N–H and O–H groups in total. The summed E-state index contributed by atoms with van der Waals surface area (Å²) in [6, 6.07) is 5.12. The predicted octanol–water partition coefficient (Wildman–Crippen LogP) is 1.10. The topological polar surface area (TPSA) is 79.9 Å². The Morgan fingerprint density at radius 3 is 2.42 bits per heavy atom. The van der Waals surface area contributed by atoms with Crippen LogP contribution in [-0.4, -0.2) is 58.1 Å². The van der Waals surface area contributed by atoms with E-state index in [-0.39, 0.29) is 11.8 Å². The number of hydrogen-bond acceptors (Lipinski definition) is 5. The van der Waals surface area contributed by atoms with Gasteiger partial charge in [0.25, 0.3) is 0 Å². The van der Waals surface area contributed by atoms with E-state index < -0.39 is 5.41 Å². The van der Waals surface area contributed by atoms with Crippen LogP contribution in [0.15, 0.2) is 18.2 Å². The van der Waals surface area contributed by atoms with Gasteiger partial charge in [-0.3, -0.25) is 9.59 Å². The van der Waals surface area contributed by atoms with Gasteiger partial charge in [0.15, 0.2) is 0 Å². The van der Waals surface area contributed by atoms with Gasteiger partial charge in [-0.2, -0.15) is 0 Å². The van der Waals surface area contributed by atoms with Crippen LogP contribution >= 0.6 is 0 Å². The van der Waals surface area contributed by atoms with E-state index >= 15 is 0 Å². The molecule has 1 aliphatic rings. The van der Waals surface area contributed by atoms with E-state index in [0.29, 0.717) is 36.6 Å². The minimum Gasteiger partial charge on any atom is -0.497 e. The third-order valence-corrected chi connectivity index (χ3v) is 4.12. The van der Waals surface area contributed by atoms with Gasteiger partial charge in [-0.1, -0.05) is 0 Å². The molecule has 0 aromatic heterocycles. The lowest BCUT2D eigenvalue weighted by Crippen LogP contribution is -2.42. The number of methoxy groups -OCH3 is 2. The van der Waals surface area contributed by atoms with Gasteiger partial charge in [0.05, 0.1) is 19.9 Å². The van der Waals surface area contributed by atoms with Gasteiger partial charge in [0.2, 0.25) is 11.8 Å². The highest BCUT2D eigenvalue weighted by atomic mass is 16.5. The number of amides is 2. The summed E-state index contributed by atoms with van der Waals surface area (Å²) >= 11 is 0. The summed E-state index contributed by atoms with van der Waals surface area (Å²) in [5.41, 5.74) is -0.437. The lowest BCUT2D eigenvalue weighted by Gasteiger charge is -2.18. The van der Waals surface area contributed by atoms with Crippen LogP contribution in [0.5, 0.6) is 11.5 Å². The molecular formula is C17H25N3O4. The van der Waals surface area contributed by atoms with Crippen molar-refractivity contribution in [1.82, 2.24) is 10.2 Å². The number of nitrogens with one attached hydrogen (secondary N) is 2. The third-order valence-electron chi connectivity index (χ3n) is 4.12. The average Bonchev–Trinajstić information content (AvgIpc) is 3.36. The van der Waals surface area contributed by atoms with Gasteiger partial charge in [0, 0.05) is 19.2 Å². The molecule has 0 saturated heterocycles. The summed E-state index contributed by atoms with van der Waals surface area (Å²) in [5, 5.41) is 5.64. The molecule has 2 amide bonds. The smallest absolute Gasteiger partial charge is 0.240 e. The van der Waals surface area contributed by atoms with Crippen molar-refractivity contribution in [1.29, 1.82) is 0 Å². The molecule has 24 heavy (non-hydrogen) atoms. The molecular weight excluding hydrogens is 310 g/mol. The van der Waals surface area contributed by atoms with E-state index in [1.165, 1.54) is 7.11 Å². The monoisotopic (exact) mass is 335 g/mol. The molecule has 0 spiro atoms. The SMILES string of the molecule is COc1ccc(NC(=O)C2(C(=O)NCCN(C)C)CC2)c(OC)c1. The molecule has 0 bridgehead atoms. The molecule has 132 valence electrons. The van der Waals surface area contributed by atoms with Crippen molar-refractivity contribution >= 4 is 17.5 Å². The van der Waals surface area contributed by atoms with Crippen LogP contribution in [0.4, 0.5) is 5.69 Å². The number of ether oxygens (including phenoxy) is 2. The van der Waals surface area contributed by atoms with Crippen molar-refractivity contribution < 1.29 is 19.1 Å². The summed E-state index contributed by atoms with van der Waals surface area (Å²) in [6.07, 6.45) is 1.12. The Labute approximate surface area is 142 Å². The fraction of sp³-hybridized carbons (Fsp3) is 0.529. The summed E-state index contributed by atoms with van der Waals surface area (Å²) in [6.45, 7) is 1.25. The van der Waals surface area contributed by atoms with Crippen LogP contribution in [0.2, 0.25) is 0 Å². The largest absolute Gasteiger partial charge is 0.497 e. The first-order chi connectivity index (χ1) is 11.4. The zero-order valence-electron chi connectivity index (χ0n) is 14.6. The maximum absolute atomic E-state index is 12.6. The van der Waals surface area contributed by atoms with Crippen molar-refractivity contribution in [2.45, 2.75) is 12.8 Å². The normalized spacial score (nSPS) is 14.9. The van der Waals surface area contributed by atoms with Crippen LogP contribution < -0.4 is 20.1 Å². The second-order valence-corrected chi connectivity index (χ2v) is 6.16. The van der Waals surface area contributed by atoms with Crippen LogP contribution in [-0.2, 0) is 9.59 Å². The minimum atomic E-state index is -0.961. The molecule has 0 atom stereocenters. The number of rotatable bonds is 8. The number of hydrogen-bond donors (Lipinski definition) is 2. The summed E-state index contributed by atoms with van der Waals surface area (Å²) in [4.78, 5) is 26.9. The van der Waals surface area contributed by atoms with Crippen LogP contribution in [0.3, 0.4) is 0 Å². The van der Waals surface area contributed by atoms with Gasteiger partial charge in [-0.05, 0) is 39.1 Å². The number of carbonyl (C=O) groups is 2. The first-order valence-corrected chi connectivity index (χ1v) is 7.89. The van der Waals surface area contributed by atoms with Crippen molar-refractivity contribution in [3.05, 3.63) is 18.2 Å². The molecule has 0 radical (unpaired) electrons. The molecule has 1 aromatic carbocycles. The first kappa shape index (κ1) is 18.1.